The molecule has 2 aromatic rings. The molecule has 0 spiro atoms. The van der Waals surface area contributed by atoms with Crippen LogP contribution in [-0.4, -0.2) is 62.9 Å². The van der Waals surface area contributed by atoms with Crippen LogP contribution in [0.3, 0.4) is 0 Å². The van der Waals surface area contributed by atoms with Crippen LogP contribution >= 0.6 is 0 Å². The summed E-state index contributed by atoms with van der Waals surface area (Å²) < 4.78 is 16.6. The lowest BCUT2D eigenvalue weighted by molar-refractivity contribution is -0.128. The Labute approximate surface area is 184 Å². The minimum absolute atomic E-state index is 0.417. The molecule has 7 heteroatoms. The first-order chi connectivity index (χ1) is 15.3. The molecule has 4 rings (SSSR count). The molecule has 2 heterocycles. The van der Waals surface area contributed by atoms with Gasteiger partial charge < -0.3 is 24.4 Å². The van der Waals surface area contributed by atoms with E-state index >= 15 is 0 Å². The number of aryl methyl sites for hydroxylation is 1. The molecule has 2 aliphatic rings. The third kappa shape index (κ3) is 5.21. The number of hydrogen-bond donors (Lipinski definition) is 1. The van der Waals surface area contributed by atoms with E-state index in [0.29, 0.717) is 19.7 Å². The summed E-state index contributed by atoms with van der Waals surface area (Å²) in [6.45, 7) is 5.83. The van der Waals surface area contributed by atoms with E-state index in [-0.39, 0.29) is 0 Å². The second kappa shape index (κ2) is 10.7. The maximum absolute atomic E-state index is 10.4. The number of hydrogen-bond acceptors (Lipinski definition) is 7. The van der Waals surface area contributed by atoms with Crippen molar-refractivity contribution < 1.29 is 19.0 Å². The van der Waals surface area contributed by atoms with E-state index in [4.69, 9.17) is 19.2 Å². The van der Waals surface area contributed by atoms with Crippen molar-refractivity contribution in [2.75, 3.05) is 51.8 Å². The Kier molecular flexibility index (Phi) is 7.46. The second-order valence-electron chi connectivity index (χ2n) is 8.28. The van der Waals surface area contributed by atoms with Crippen molar-refractivity contribution >= 4 is 23.1 Å². The zero-order chi connectivity index (χ0) is 21.5. The van der Waals surface area contributed by atoms with Gasteiger partial charge in [0.05, 0.1) is 25.8 Å². The molecule has 168 valence electrons. The number of likely N-dealkylation sites (tertiary alicyclic amines) is 1. The number of fused-ring (bicyclic) bond motifs is 2. The number of carbonyl (C=O) groups excluding carboxylic acids is 1. The Balaban J connectivity index is 1.51. The molecule has 7 nitrogen and oxygen atoms in total. The summed E-state index contributed by atoms with van der Waals surface area (Å²) in [6, 6.07) is 4.06. The number of nitrogens with zero attached hydrogens (tertiary/aromatic N) is 2. The zero-order valence-corrected chi connectivity index (χ0v) is 18.5. The van der Waals surface area contributed by atoms with Gasteiger partial charge in [-0.25, -0.2) is 0 Å². The maximum Gasteiger partial charge on any atom is 0.293 e. The van der Waals surface area contributed by atoms with E-state index in [1.54, 1.807) is 7.11 Å². The topological polar surface area (TPSA) is 72.9 Å². The van der Waals surface area contributed by atoms with Crippen LogP contribution in [0, 0.1) is 0 Å². The fourth-order valence-electron chi connectivity index (χ4n) is 4.64. The summed E-state index contributed by atoms with van der Waals surface area (Å²) in [5.74, 6) is 1.49. The Morgan fingerprint density at radius 3 is 2.77 bits per heavy atom. The Morgan fingerprint density at radius 2 is 1.97 bits per heavy atom. The summed E-state index contributed by atoms with van der Waals surface area (Å²) in [7, 11) is 1.68. The monoisotopic (exact) mass is 427 g/mol. The van der Waals surface area contributed by atoms with Gasteiger partial charge in [-0.1, -0.05) is 0 Å². The highest BCUT2D eigenvalue weighted by atomic mass is 16.5. The van der Waals surface area contributed by atoms with E-state index in [2.05, 4.69) is 10.2 Å². The molecule has 1 aliphatic carbocycles. The van der Waals surface area contributed by atoms with Gasteiger partial charge in [0, 0.05) is 35.9 Å². The first-order valence-electron chi connectivity index (χ1n) is 11.5. The highest BCUT2D eigenvalue weighted by Crippen LogP contribution is 2.39. The molecule has 0 radical (unpaired) electrons. The standard InChI is InChI=1S/C24H33N3O4/c1-29-22-15-19-21(16-23(22)31-14-6-12-27-10-2-3-11-27)26-20-8-4-7-18(20)24(19)25-9-5-13-30-17-28/h15-17H,2-14H2,1H3,(H,25,26). The van der Waals surface area contributed by atoms with Crippen LogP contribution in [0.2, 0.25) is 0 Å². The van der Waals surface area contributed by atoms with Gasteiger partial charge in [-0.15, -0.1) is 0 Å². The van der Waals surface area contributed by atoms with E-state index < -0.39 is 0 Å². The molecular weight excluding hydrogens is 394 g/mol. The average molecular weight is 428 g/mol. The van der Waals surface area contributed by atoms with Crippen LogP contribution in [0.25, 0.3) is 10.9 Å². The van der Waals surface area contributed by atoms with Gasteiger partial charge in [-0.05, 0) is 69.7 Å². The van der Waals surface area contributed by atoms with Gasteiger partial charge in [-0.3, -0.25) is 9.78 Å². The first-order valence-corrected chi connectivity index (χ1v) is 11.5. The maximum atomic E-state index is 10.4. The smallest absolute Gasteiger partial charge is 0.293 e. The highest BCUT2D eigenvalue weighted by Gasteiger charge is 2.21. The van der Waals surface area contributed by atoms with Gasteiger partial charge in [0.2, 0.25) is 0 Å². The van der Waals surface area contributed by atoms with E-state index in [1.165, 1.54) is 37.2 Å². The van der Waals surface area contributed by atoms with Crippen LogP contribution in [0.15, 0.2) is 12.1 Å². The van der Waals surface area contributed by atoms with Gasteiger partial charge >= 0.3 is 0 Å². The molecule has 1 aromatic heterocycles. The largest absolute Gasteiger partial charge is 0.493 e. The molecule has 0 amide bonds. The van der Waals surface area contributed by atoms with E-state index in [1.807, 2.05) is 12.1 Å². The molecule has 0 bridgehead atoms. The number of aromatic nitrogens is 1. The average Bonchev–Trinajstić information content (AvgIpc) is 3.47. The third-order valence-corrected chi connectivity index (χ3v) is 6.18. The van der Waals surface area contributed by atoms with Crippen LogP contribution in [0.4, 0.5) is 5.69 Å². The predicted octanol–water partition coefficient (Wildman–Crippen LogP) is 3.57. The number of pyridine rings is 1. The number of methoxy groups -OCH3 is 1. The summed E-state index contributed by atoms with van der Waals surface area (Å²) in [4.78, 5) is 17.8. The Bertz CT molecular complexity index is 896. The third-order valence-electron chi connectivity index (χ3n) is 6.18. The van der Waals surface area contributed by atoms with Crippen molar-refractivity contribution in [2.45, 2.75) is 44.9 Å². The van der Waals surface area contributed by atoms with Gasteiger partial charge in [0.25, 0.3) is 6.47 Å². The van der Waals surface area contributed by atoms with Crippen molar-refractivity contribution in [1.82, 2.24) is 9.88 Å². The number of rotatable bonds is 12. The molecule has 1 saturated heterocycles. The molecular formula is C24H33N3O4. The van der Waals surface area contributed by atoms with Crippen molar-refractivity contribution in [3.63, 3.8) is 0 Å². The van der Waals surface area contributed by atoms with Crippen LogP contribution in [0.1, 0.15) is 43.4 Å². The molecule has 0 unspecified atom stereocenters. The van der Waals surface area contributed by atoms with Crippen LogP contribution < -0.4 is 14.8 Å². The van der Waals surface area contributed by atoms with E-state index in [9.17, 15) is 4.79 Å². The normalized spacial score (nSPS) is 15.8. The van der Waals surface area contributed by atoms with Crippen molar-refractivity contribution in [3.8, 4) is 11.5 Å². The van der Waals surface area contributed by atoms with Crippen LogP contribution in [0.5, 0.6) is 11.5 Å². The minimum atomic E-state index is 0.417. The first kappa shape index (κ1) is 21.7. The van der Waals surface area contributed by atoms with Crippen molar-refractivity contribution in [2.24, 2.45) is 0 Å². The van der Waals surface area contributed by atoms with Gasteiger partial charge in [0.15, 0.2) is 11.5 Å². The van der Waals surface area contributed by atoms with Crippen LogP contribution in [-0.2, 0) is 22.4 Å². The number of carbonyl (C=O) groups is 1. The number of benzene rings is 1. The summed E-state index contributed by atoms with van der Waals surface area (Å²) in [5.41, 5.74) is 4.53. The molecule has 31 heavy (non-hydrogen) atoms. The van der Waals surface area contributed by atoms with E-state index in [0.717, 1.165) is 73.3 Å². The van der Waals surface area contributed by atoms with Gasteiger partial charge in [-0.2, -0.15) is 0 Å². The number of anilines is 1. The summed E-state index contributed by atoms with van der Waals surface area (Å²) in [5, 5.41) is 4.62. The predicted molar refractivity (Wildman–Crippen MR) is 121 cm³/mol. The fraction of sp³-hybridized carbons (Fsp3) is 0.583. The molecule has 1 aromatic carbocycles. The molecule has 1 aliphatic heterocycles. The second-order valence-corrected chi connectivity index (χ2v) is 8.28. The highest BCUT2D eigenvalue weighted by molar-refractivity contribution is 5.96. The van der Waals surface area contributed by atoms with Crippen molar-refractivity contribution in [1.29, 1.82) is 0 Å². The molecule has 0 saturated carbocycles. The quantitative estimate of drug-likeness (QED) is 0.410. The Hall–Kier alpha value is -2.54. The summed E-state index contributed by atoms with van der Waals surface area (Å²) >= 11 is 0. The number of ether oxygens (including phenoxy) is 3. The van der Waals surface area contributed by atoms with Gasteiger partial charge in [0.1, 0.15) is 0 Å². The molecule has 0 atom stereocenters. The lowest BCUT2D eigenvalue weighted by atomic mass is 10.1. The zero-order valence-electron chi connectivity index (χ0n) is 18.5. The minimum Gasteiger partial charge on any atom is -0.493 e. The lowest BCUT2D eigenvalue weighted by Gasteiger charge is -2.18. The molecule has 1 fully saturated rings. The van der Waals surface area contributed by atoms with Crippen molar-refractivity contribution in [3.05, 3.63) is 23.4 Å². The molecule has 1 N–H and O–H groups in total. The Morgan fingerprint density at radius 1 is 1.10 bits per heavy atom. The number of nitrogens with one attached hydrogen (secondary N) is 1. The lowest BCUT2D eigenvalue weighted by Crippen LogP contribution is -2.21. The SMILES string of the molecule is COc1cc2c(NCCCOC=O)c3c(nc2cc1OCCCN1CCCC1)CCC3. The summed E-state index contributed by atoms with van der Waals surface area (Å²) in [6.07, 6.45) is 7.56. The fourth-order valence-corrected chi connectivity index (χ4v) is 4.64.